The smallest absolute Gasteiger partial charge is 0.293 e. The molecule has 27 heavy (non-hydrogen) atoms. The van der Waals surface area contributed by atoms with Crippen molar-refractivity contribution < 1.29 is 23.7 Å². The highest BCUT2D eigenvalue weighted by Crippen LogP contribution is 2.38. The van der Waals surface area contributed by atoms with Gasteiger partial charge in [-0.2, -0.15) is 0 Å². The highest BCUT2D eigenvalue weighted by molar-refractivity contribution is 5.92. The van der Waals surface area contributed by atoms with E-state index in [9.17, 15) is 4.79 Å². The molecule has 0 bridgehead atoms. The van der Waals surface area contributed by atoms with Gasteiger partial charge < -0.3 is 24.7 Å². The molecule has 0 spiro atoms. The van der Waals surface area contributed by atoms with E-state index >= 15 is 0 Å². The van der Waals surface area contributed by atoms with Crippen LogP contribution in [0.15, 0.2) is 30.3 Å². The summed E-state index contributed by atoms with van der Waals surface area (Å²) in [7, 11) is 6.23. The Labute approximate surface area is 158 Å². The lowest BCUT2D eigenvalue weighted by molar-refractivity contribution is -0.112. The minimum absolute atomic E-state index is 0.533. The Bertz CT molecular complexity index is 897. The molecule has 0 atom stereocenters. The monoisotopic (exact) mass is 367 g/mol. The Morgan fingerprint density at radius 2 is 1.44 bits per heavy atom. The Balaban J connectivity index is 2.39. The van der Waals surface area contributed by atoms with Crippen molar-refractivity contribution in [3.05, 3.63) is 47.0 Å². The largest absolute Gasteiger partial charge is 0.495 e. The molecule has 2 aromatic rings. The lowest BCUT2D eigenvalue weighted by atomic mass is 10.1. The summed E-state index contributed by atoms with van der Waals surface area (Å²) >= 11 is 0. The number of ether oxygens (including phenoxy) is 4. The summed E-state index contributed by atoms with van der Waals surface area (Å²) in [6.45, 7) is 0. The van der Waals surface area contributed by atoms with Crippen molar-refractivity contribution in [2.24, 2.45) is 5.73 Å². The van der Waals surface area contributed by atoms with Crippen LogP contribution in [-0.2, 0) is 4.79 Å². The second-order valence-electron chi connectivity index (χ2n) is 5.37. The van der Waals surface area contributed by atoms with Crippen LogP contribution < -0.4 is 24.7 Å². The Kier molecular flexibility index (Phi) is 6.73. The molecule has 0 fully saturated rings. The molecule has 0 radical (unpaired) electrons. The predicted octanol–water partition coefficient (Wildman–Crippen LogP) is 2.73. The zero-order chi connectivity index (χ0) is 19.8. The molecule has 0 aliphatic carbocycles. The summed E-state index contributed by atoms with van der Waals surface area (Å²) in [5.74, 6) is 6.57. The van der Waals surface area contributed by atoms with E-state index in [1.807, 2.05) is 36.4 Å². The summed E-state index contributed by atoms with van der Waals surface area (Å²) in [5.41, 5.74) is 7.39. The van der Waals surface area contributed by atoms with Crippen molar-refractivity contribution in [3.63, 3.8) is 0 Å². The third-order valence-electron chi connectivity index (χ3n) is 3.70. The molecule has 1 amide bonds. The Hall–Kier alpha value is -3.59. The van der Waals surface area contributed by atoms with Gasteiger partial charge >= 0.3 is 0 Å². The maximum atomic E-state index is 10.9. The van der Waals surface area contributed by atoms with Crippen molar-refractivity contribution in [2.45, 2.75) is 0 Å². The molecule has 6 heteroatoms. The van der Waals surface area contributed by atoms with Crippen molar-refractivity contribution in [1.82, 2.24) is 0 Å². The second kappa shape index (κ2) is 9.20. The third-order valence-corrected chi connectivity index (χ3v) is 3.70. The van der Waals surface area contributed by atoms with Gasteiger partial charge in [-0.25, -0.2) is 0 Å². The van der Waals surface area contributed by atoms with Gasteiger partial charge in [-0.05, 0) is 35.4 Å². The van der Waals surface area contributed by atoms with Crippen LogP contribution in [0, 0.1) is 11.8 Å². The fourth-order valence-corrected chi connectivity index (χ4v) is 2.45. The molecule has 0 saturated carbocycles. The van der Waals surface area contributed by atoms with E-state index in [0.29, 0.717) is 28.6 Å². The molecule has 2 aromatic carbocycles. The van der Waals surface area contributed by atoms with E-state index in [-0.39, 0.29) is 0 Å². The number of methoxy groups -OCH3 is 4. The molecular weight excluding hydrogens is 346 g/mol. The lowest BCUT2D eigenvalue weighted by Gasteiger charge is -2.12. The molecule has 0 aliphatic heterocycles. The van der Waals surface area contributed by atoms with Crippen molar-refractivity contribution in [2.75, 3.05) is 28.4 Å². The van der Waals surface area contributed by atoms with E-state index < -0.39 is 5.91 Å². The van der Waals surface area contributed by atoms with Gasteiger partial charge in [-0.3, -0.25) is 4.79 Å². The standard InChI is InChI=1S/C21H21NO5/c1-24-17-9-7-14(11-16(17)8-10-20(22)23)5-6-15-12-18(25-2)21(27-4)19(13-15)26-3/h5-7,9,11-13H,1-4H3,(H2,22,23)/b6-5-. The molecule has 140 valence electrons. The van der Waals surface area contributed by atoms with Gasteiger partial charge in [-0.15, -0.1) is 0 Å². The number of primary amides is 1. The van der Waals surface area contributed by atoms with E-state index in [4.69, 9.17) is 24.7 Å². The van der Waals surface area contributed by atoms with Gasteiger partial charge in [0.15, 0.2) is 11.5 Å². The number of rotatable bonds is 6. The summed E-state index contributed by atoms with van der Waals surface area (Å²) in [5, 5.41) is 0. The van der Waals surface area contributed by atoms with Crippen LogP contribution in [0.4, 0.5) is 0 Å². The molecule has 6 nitrogen and oxygen atoms in total. The number of hydrogen-bond donors (Lipinski definition) is 1. The van der Waals surface area contributed by atoms with Gasteiger partial charge in [0.05, 0.1) is 34.0 Å². The molecule has 0 aromatic heterocycles. The molecular formula is C21H21NO5. The highest BCUT2D eigenvalue weighted by Gasteiger charge is 2.12. The minimum atomic E-state index is -0.699. The van der Waals surface area contributed by atoms with Gasteiger partial charge in [0.2, 0.25) is 5.75 Å². The molecule has 2 N–H and O–H groups in total. The zero-order valence-corrected chi connectivity index (χ0v) is 15.7. The molecule has 0 aliphatic rings. The summed E-state index contributed by atoms with van der Waals surface area (Å²) < 4.78 is 21.3. The number of nitrogens with two attached hydrogens (primary N) is 1. The first kappa shape index (κ1) is 19.7. The molecule has 0 saturated heterocycles. The second-order valence-corrected chi connectivity index (χ2v) is 5.37. The minimum Gasteiger partial charge on any atom is -0.495 e. The maximum absolute atomic E-state index is 10.9. The van der Waals surface area contributed by atoms with Crippen LogP contribution in [0.1, 0.15) is 16.7 Å². The SMILES string of the molecule is COc1ccc(/C=C\c2cc(OC)c(OC)c(OC)c2)cc1C#CC(N)=O. The van der Waals surface area contributed by atoms with E-state index in [1.165, 1.54) is 7.11 Å². The number of amides is 1. The van der Waals surface area contributed by atoms with E-state index in [0.717, 1.165) is 11.1 Å². The first-order valence-corrected chi connectivity index (χ1v) is 8.00. The molecule has 2 rings (SSSR count). The summed E-state index contributed by atoms with van der Waals surface area (Å²) in [6.07, 6.45) is 3.80. The first-order chi connectivity index (χ1) is 13.0. The zero-order valence-electron chi connectivity index (χ0n) is 15.7. The Morgan fingerprint density at radius 1 is 0.852 bits per heavy atom. The number of carbonyl (C=O) groups excluding carboxylic acids is 1. The summed E-state index contributed by atoms with van der Waals surface area (Å²) in [6, 6.07) is 9.15. The van der Waals surface area contributed by atoms with Crippen LogP contribution in [0.3, 0.4) is 0 Å². The summed E-state index contributed by atoms with van der Waals surface area (Å²) in [4.78, 5) is 10.9. The number of hydrogen-bond acceptors (Lipinski definition) is 5. The van der Waals surface area contributed by atoms with Crippen LogP contribution in [0.5, 0.6) is 23.0 Å². The lowest BCUT2D eigenvalue weighted by Crippen LogP contribution is -2.06. The predicted molar refractivity (Wildman–Crippen MR) is 104 cm³/mol. The topological polar surface area (TPSA) is 80.0 Å². The van der Waals surface area contributed by atoms with Gasteiger partial charge in [0, 0.05) is 5.92 Å². The van der Waals surface area contributed by atoms with Crippen molar-refractivity contribution >= 4 is 18.1 Å². The van der Waals surface area contributed by atoms with Gasteiger partial charge in [-0.1, -0.05) is 24.1 Å². The van der Waals surface area contributed by atoms with Crippen LogP contribution >= 0.6 is 0 Å². The maximum Gasteiger partial charge on any atom is 0.293 e. The highest BCUT2D eigenvalue weighted by atomic mass is 16.5. The average molecular weight is 367 g/mol. The van der Waals surface area contributed by atoms with Crippen molar-refractivity contribution in [3.8, 4) is 34.8 Å². The van der Waals surface area contributed by atoms with Gasteiger partial charge in [0.25, 0.3) is 5.91 Å². The fourth-order valence-electron chi connectivity index (χ4n) is 2.45. The number of benzene rings is 2. The van der Waals surface area contributed by atoms with E-state index in [1.54, 1.807) is 27.4 Å². The fraction of sp³-hybridized carbons (Fsp3) is 0.190. The van der Waals surface area contributed by atoms with Crippen LogP contribution in [0.2, 0.25) is 0 Å². The quantitative estimate of drug-likeness (QED) is 0.627. The molecule has 0 heterocycles. The third kappa shape index (κ3) is 4.95. The molecule has 0 unspecified atom stereocenters. The van der Waals surface area contributed by atoms with Crippen LogP contribution in [0.25, 0.3) is 12.2 Å². The van der Waals surface area contributed by atoms with E-state index in [2.05, 4.69) is 11.8 Å². The van der Waals surface area contributed by atoms with Crippen molar-refractivity contribution in [1.29, 1.82) is 0 Å². The first-order valence-electron chi connectivity index (χ1n) is 8.00. The average Bonchev–Trinajstić information content (AvgIpc) is 2.69. The normalized spacial score (nSPS) is 10.1. The Morgan fingerprint density at radius 3 is 1.96 bits per heavy atom. The van der Waals surface area contributed by atoms with Crippen LogP contribution in [-0.4, -0.2) is 34.3 Å². The van der Waals surface area contributed by atoms with Gasteiger partial charge in [0.1, 0.15) is 5.75 Å². The number of carbonyl (C=O) groups is 1.